The summed E-state index contributed by atoms with van der Waals surface area (Å²) < 4.78 is 52.7. The van der Waals surface area contributed by atoms with E-state index in [0.29, 0.717) is 40.7 Å². The molecule has 0 amide bonds. The number of allylic oxidation sites excluding steroid dienone is 1. The molecule has 2 aromatic carbocycles. The van der Waals surface area contributed by atoms with Crippen LogP contribution in [0, 0.1) is 6.92 Å². The van der Waals surface area contributed by atoms with Crippen molar-refractivity contribution in [3.63, 3.8) is 0 Å². The highest BCUT2D eigenvalue weighted by atomic mass is 32.2. The van der Waals surface area contributed by atoms with E-state index < -0.39 is 9.84 Å². The van der Waals surface area contributed by atoms with Crippen molar-refractivity contribution in [2.45, 2.75) is 25.2 Å². The zero-order valence-electron chi connectivity index (χ0n) is 19.1. The molecule has 0 N–H and O–H groups in total. The molecule has 0 fully saturated rings. The summed E-state index contributed by atoms with van der Waals surface area (Å²) in [7, 11) is 4.24. The van der Waals surface area contributed by atoms with Gasteiger partial charge in [0.2, 0.25) is 11.5 Å². The zero-order chi connectivity index (χ0) is 23.2. The molecule has 0 aliphatic rings. The van der Waals surface area contributed by atoms with Crippen LogP contribution in [0.3, 0.4) is 0 Å². The fraction of sp³-hybridized carbons (Fsp3) is 0.391. The van der Waals surface area contributed by atoms with E-state index in [1.54, 1.807) is 45.4 Å². The van der Waals surface area contributed by atoms with E-state index in [1.165, 1.54) is 21.3 Å². The maximum Gasteiger partial charge on any atom is 0.207 e. The molecule has 2 rings (SSSR count). The van der Waals surface area contributed by atoms with Gasteiger partial charge in [-0.05, 0) is 44.5 Å². The van der Waals surface area contributed by atoms with Gasteiger partial charge in [0.15, 0.2) is 21.3 Å². The van der Waals surface area contributed by atoms with Gasteiger partial charge >= 0.3 is 0 Å². The van der Waals surface area contributed by atoms with E-state index in [4.69, 9.17) is 23.7 Å². The molecule has 0 radical (unpaired) electrons. The Morgan fingerprint density at radius 1 is 0.806 bits per heavy atom. The summed E-state index contributed by atoms with van der Waals surface area (Å²) in [5.74, 6) is 2.47. The second-order valence-corrected chi connectivity index (χ2v) is 8.92. The van der Waals surface area contributed by atoms with Crippen molar-refractivity contribution in [3.8, 4) is 28.7 Å². The van der Waals surface area contributed by atoms with Crippen LogP contribution >= 0.6 is 0 Å². The van der Waals surface area contributed by atoms with Gasteiger partial charge in [0, 0.05) is 11.1 Å². The van der Waals surface area contributed by atoms with Crippen LogP contribution in [-0.2, 0) is 16.3 Å². The second-order valence-electron chi connectivity index (χ2n) is 6.93. The van der Waals surface area contributed by atoms with E-state index in [9.17, 15) is 8.42 Å². The van der Waals surface area contributed by atoms with Crippen LogP contribution in [0.1, 0.15) is 18.1 Å². The minimum absolute atomic E-state index is 0.0921. The van der Waals surface area contributed by atoms with Gasteiger partial charge < -0.3 is 23.7 Å². The fourth-order valence-corrected chi connectivity index (χ4v) is 4.84. The third-order valence-corrected chi connectivity index (χ3v) is 6.82. The average molecular weight is 451 g/mol. The molecule has 0 unspecified atom stereocenters. The summed E-state index contributed by atoms with van der Waals surface area (Å²) in [6.07, 6.45) is 2.31. The zero-order valence-corrected chi connectivity index (χ0v) is 19.9. The predicted octanol–water partition coefficient (Wildman–Crippen LogP) is 4.00. The highest BCUT2D eigenvalue weighted by Crippen LogP contribution is 2.49. The predicted molar refractivity (Wildman–Crippen MR) is 120 cm³/mol. The van der Waals surface area contributed by atoms with Crippen LogP contribution in [-0.4, -0.2) is 49.7 Å². The van der Waals surface area contributed by atoms with Gasteiger partial charge in [-0.2, -0.15) is 0 Å². The highest BCUT2D eigenvalue weighted by molar-refractivity contribution is 7.91. The molecule has 0 aliphatic heterocycles. The molecule has 170 valence electrons. The van der Waals surface area contributed by atoms with Crippen molar-refractivity contribution in [3.05, 3.63) is 47.0 Å². The first kappa shape index (κ1) is 24.4. The summed E-state index contributed by atoms with van der Waals surface area (Å²) in [6.45, 7) is 3.69. The first-order chi connectivity index (χ1) is 14.7. The van der Waals surface area contributed by atoms with E-state index in [-0.39, 0.29) is 10.6 Å². The van der Waals surface area contributed by atoms with Crippen molar-refractivity contribution in [1.29, 1.82) is 0 Å². The molecule has 0 heterocycles. The third-order valence-electron chi connectivity index (χ3n) is 4.99. The largest absolute Gasteiger partial charge is 0.497 e. The monoisotopic (exact) mass is 450 g/mol. The first-order valence-electron chi connectivity index (χ1n) is 9.61. The van der Waals surface area contributed by atoms with Gasteiger partial charge in [0.1, 0.15) is 5.75 Å². The molecule has 0 saturated carbocycles. The lowest BCUT2D eigenvalue weighted by molar-refractivity contribution is 0.302. The second kappa shape index (κ2) is 10.4. The minimum atomic E-state index is -3.48. The van der Waals surface area contributed by atoms with Gasteiger partial charge in [-0.25, -0.2) is 8.42 Å². The number of methoxy groups -OCH3 is 5. The van der Waals surface area contributed by atoms with Crippen molar-refractivity contribution < 1.29 is 32.1 Å². The van der Waals surface area contributed by atoms with Gasteiger partial charge in [-0.15, -0.1) is 0 Å². The van der Waals surface area contributed by atoms with Gasteiger partial charge in [0.25, 0.3) is 0 Å². The summed E-state index contributed by atoms with van der Waals surface area (Å²) >= 11 is 0. The lowest BCUT2D eigenvalue weighted by Gasteiger charge is -2.21. The standard InChI is InChI=1S/C23H30O7S/c1-15(14-31(24,25)18-11-9-17(26-3)10-12-18)8-13-19-16(2)20(27-4)22(29-6)23(30-7)21(19)28-5/h8-12H,13-14H2,1-7H3/b15-8+. The highest BCUT2D eigenvalue weighted by Gasteiger charge is 2.25. The number of hydrogen-bond acceptors (Lipinski definition) is 7. The number of sulfone groups is 1. The Bertz CT molecular complexity index is 1040. The van der Waals surface area contributed by atoms with Crippen molar-refractivity contribution in [2.75, 3.05) is 41.3 Å². The van der Waals surface area contributed by atoms with E-state index in [1.807, 2.05) is 13.0 Å². The SMILES string of the molecule is COc1ccc(S(=O)(=O)C/C(C)=C/Cc2c(C)c(OC)c(OC)c(OC)c2OC)cc1. The number of hydrogen-bond donors (Lipinski definition) is 0. The fourth-order valence-electron chi connectivity index (χ4n) is 3.40. The molecule has 7 nitrogen and oxygen atoms in total. The quantitative estimate of drug-likeness (QED) is 0.506. The first-order valence-corrected chi connectivity index (χ1v) is 11.3. The smallest absolute Gasteiger partial charge is 0.207 e. The van der Waals surface area contributed by atoms with Crippen LogP contribution in [0.15, 0.2) is 40.8 Å². The van der Waals surface area contributed by atoms with Gasteiger partial charge in [0.05, 0.1) is 46.2 Å². The molecular weight excluding hydrogens is 420 g/mol. The summed E-state index contributed by atoms with van der Waals surface area (Å²) in [4.78, 5) is 0.252. The normalized spacial score (nSPS) is 11.8. The van der Waals surface area contributed by atoms with Crippen molar-refractivity contribution in [2.24, 2.45) is 0 Å². The van der Waals surface area contributed by atoms with Crippen LogP contribution in [0.25, 0.3) is 0 Å². The molecule has 8 heteroatoms. The lowest BCUT2D eigenvalue weighted by Crippen LogP contribution is -2.08. The summed E-state index contributed by atoms with van der Waals surface area (Å²) in [5.41, 5.74) is 2.38. The Labute approximate surface area is 184 Å². The molecule has 0 atom stereocenters. The molecule has 0 spiro atoms. The summed E-state index contributed by atoms with van der Waals surface area (Å²) in [5, 5.41) is 0. The van der Waals surface area contributed by atoms with Crippen LogP contribution in [0.2, 0.25) is 0 Å². The Morgan fingerprint density at radius 2 is 1.32 bits per heavy atom. The van der Waals surface area contributed by atoms with Gasteiger partial charge in [-0.3, -0.25) is 0 Å². The van der Waals surface area contributed by atoms with Crippen molar-refractivity contribution in [1.82, 2.24) is 0 Å². The number of ether oxygens (including phenoxy) is 5. The third kappa shape index (κ3) is 5.25. The Balaban J connectivity index is 2.37. The summed E-state index contributed by atoms with van der Waals surface area (Å²) in [6, 6.07) is 6.37. The maximum atomic E-state index is 12.8. The Hall–Kier alpha value is -2.87. The molecule has 0 bridgehead atoms. The van der Waals surface area contributed by atoms with Gasteiger partial charge in [-0.1, -0.05) is 11.6 Å². The number of benzene rings is 2. The Morgan fingerprint density at radius 3 is 1.81 bits per heavy atom. The molecule has 31 heavy (non-hydrogen) atoms. The van der Waals surface area contributed by atoms with E-state index in [2.05, 4.69) is 0 Å². The molecule has 0 saturated heterocycles. The molecule has 2 aromatic rings. The minimum Gasteiger partial charge on any atom is -0.497 e. The van der Waals surface area contributed by atoms with E-state index in [0.717, 1.165) is 11.1 Å². The number of rotatable bonds is 10. The molecular formula is C23H30O7S. The van der Waals surface area contributed by atoms with Crippen LogP contribution in [0.4, 0.5) is 0 Å². The van der Waals surface area contributed by atoms with E-state index >= 15 is 0 Å². The molecule has 0 aliphatic carbocycles. The average Bonchev–Trinajstić information content (AvgIpc) is 2.76. The van der Waals surface area contributed by atoms with Crippen molar-refractivity contribution >= 4 is 9.84 Å². The van der Waals surface area contributed by atoms with Crippen LogP contribution in [0.5, 0.6) is 28.7 Å². The molecule has 0 aromatic heterocycles. The topological polar surface area (TPSA) is 80.3 Å². The lowest BCUT2D eigenvalue weighted by atomic mass is 10.0. The maximum absolute atomic E-state index is 12.8. The Kier molecular flexibility index (Phi) is 8.21. The van der Waals surface area contributed by atoms with Crippen LogP contribution < -0.4 is 23.7 Å².